The lowest BCUT2D eigenvalue weighted by molar-refractivity contribution is 0.478. The van der Waals surface area contributed by atoms with E-state index in [1.165, 1.54) is 44.2 Å². The van der Waals surface area contributed by atoms with Crippen molar-refractivity contribution in [2.45, 2.75) is 49.8 Å². The first-order valence-corrected chi connectivity index (χ1v) is 7.64. The van der Waals surface area contributed by atoms with Gasteiger partial charge in [-0.1, -0.05) is 47.7 Å². The van der Waals surface area contributed by atoms with Gasteiger partial charge in [0.05, 0.1) is 0 Å². The Morgan fingerprint density at radius 3 is 2.56 bits per heavy atom. The third kappa shape index (κ3) is 4.04. The summed E-state index contributed by atoms with van der Waals surface area (Å²) in [6.45, 7) is 0. The summed E-state index contributed by atoms with van der Waals surface area (Å²) >= 11 is 3.65. The molecule has 1 atom stereocenters. The number of alkyl halides is 1. The van der Waals surface area contributed by atoms with Crippen LogP contribution in [0.15, 0.2) is 18.2 Å². The average Bonchev–Trinajstić information content (AvgIpc) is 2.84. The zero-order valence-electron chi connectivity index (χ0n) is 10.5. The van der Waals surface area contributed by atoms with Crippen molar-refractivity contribution in [1.82, 2.24) is 0 Å². The van der Waals surface area contributed by atoms with Crippen molar-refractivity contribution < 1.29 is 8.78 Å². The van der Waals surface area contributed by atoms with Gasteiger partial charge in [0.25, 0.3) is 0 Å². The lowest BCUT2D eigenvalue weighted by atomic mass is 9.98. The molecule has 3 heteroatoms. The van der Waals surface area contributed by atoms with E-state index in [-0.39, 0.29) is 0 Å². The van der Waals surface area contributed by atoms with Crippen molar-refractivity contribution in [3.8, 4) is 0 Å². The number of halogens is 3. The molecule has 0 amide bonds. The SMILES string of the molecule is Fc1ccc(CC(Br)CCC2CCCC2)cc1F. The highest BCUT2D eigenvalue weighted by molar-refractivity contribution is 9.09. The molecule has 0 nitrogen and oxygen atoms in total. The van der Waals surface area contributed by atoms with Gasteiger partial charge in [-0.25, -0.2) is 8.78 Å². The molecule has 0 radical (unpaired) electrons. The van der Waals surface area contributed by atoms with Gasteiger partial charge in [0.1, 0.15) is 0 Å². The molecule has 0 N–H and O–H groups in total. The van der Waals surface area contributed by atoms with Gasteiger partial charge in [-0.3, -0.25) is 0 Å². The van der Waals surface area contributed by atoms with Gasteiger partial charge >= 0.3 is 0 Å². The van der Waals surface area contributed by atoms with Gasteiger partial charge in [-0.2, -0.15) is 0 Å². The smallest absolute Gasteiger partial charge is 0.159 e. The lowest BCUT2D eigenvalue weighted by Crippen LogP contribution is -2.06. The first-order valence-electron chi connectivity index (χ1n) is 6.73. The monoisotopic (exact) mass is 316 g/mol. The summed E-state index contributed by atoms with van der Waals surface area (Å²) in [4.78, 5) is 0.364. The standard InChI is InChI=1S/C15H19BrF2/c16-13(7-5-11-3-1-2-4-11)9-12-6-8-14(17)15(18)10-12/h6,8,10-11,13H,1-5,7,9H2. The Balaban J connectivity index is 1.78. The van der Waals surface area contributed by atoms with E-state index in [0.717, 1.165) is 24.3 Å². The summed E-state index contributed by atoms with van der Waals surface area (Å²) in [7, 11) is 0. The van der Waals surface area contributed by atoms with Crippen LogP contribution in [0.5, 0.6) is 0 Å². The highest BCUT2D eigenvalue weighted by Gasteiger charge is 2.16. The minimum atomic E-state index is -0.768. The second-order valence-electron chi connectivity index (χ2n) is 5.28. The highest BCUT2D eigenvalue weighted by Crippen LogP contribution is 2.30. The number of hydrogen-bond donors (Lipinski definition) is 0. The van der Waals surface area contributed by atoms with Crippen LogP contribution in [-0.2, 0) is 6.42 Å². The summed E-state index contributed by atoms with van der Waals surface area (Å²) in [5.74, 6) is -0.631. The molecular weight excluding hydrogens is 298 g/mol. The van der Waals surface area contributed by atoms with Gasteiger partial charge in [0.2, 0.25) is 0 Å². The Kier molecular flexibility index (Phi) is 5.16. The fourth-order valence-corrected chi connectivity index (χ4v) is 3.38. The Hall–Kier alpha value is -0.440. The van der Waals surface area contributed by atoms with Crippen LogP contribution in [0.2, 0.25) is 0 Å². The molecule has 1 aliphatic rings. The summed E-state index contributed by atoms with van der Waals surface area (Å²) in [5, 5.41) is 0. The number of benzene rings is 1. The Morgan fingerprint density at radius 1 is 1.17 bits per heavy atom. The summed E-state index contributed by atoms with van der Waals surface area (Å²) in [6, 6.07) is 4.18. The number of rotatable bonds is 5. The van der Waals surface area contributed by atoms with Crippen molar-refractivity contribution >= 4 is 15.9 Å². The molecule has 0 saturated heterocycles. The zero-order valence-corrected chi connectivity index (χ0v) is 12.1. The minimum Gasteiger partial charge on any atom is -0.204 e. The van der Waals surface area contributed by atoms with Crippen LogP contribution in [0.1, 0.15) is 44.1 Å². The molecule has 1 aromatic carbocycles. The van der Waals surface area contributed by atoms with Crippen molar-refractivity contribution in [2.75, 3.05) is 0 Å². The molecule has 1 aromatic rings. The lowest BCUT2D eigenvalue weighted by Gasteiger charge is -2.13. The largest absolute Gasteiger partial charge is 0.204 e. The Bertz CT molecular complexity index is 386. The summed E-state index contributed by atoms with van der Waals surface area (Å²) in [5.41, 5.74) is 0.863. The van der Waals surface area contributed by atoms with E-state index in [0.29, 0.717) is 4.83 Å². The molecule has 100 valence electrons. The Morgan fingerprint density at radius 2 is 1.89 bits per heavy atom. The van der Waals surface area contributed by atoms with Crippen LogP contribution in [0, 0.1) is 17.6 Å². The third-order valence-corrected chi connectivity index (χ3v) is 4.59. The predicted octanol–water partition coefficient (Wildman–Crippen LogP) is 5.24. The van der Waals surface area contributed by atoms with Gasteiger partial charge in [0, 0.05) is 4.83 Å². The van der Waals surface area contributed by atoms with Crippen molar-refractivity contribution in [3.63, 3.8) is 0 Å². The van der Waals surface area contributed by atoms with Crippen LogP contribution >= 0.6 is 15.9 Å². The maximum atomic E-state index is 13.1. The second-order valence-corrected chi connectivity index (χ2v) is 6.57. The quantitative estimate of drug-likeness (QED) is 0.651. The molecule has 0 aromatic heterocycles. The van der Waals surface area contributed by atoms with E-state index in [2.05, 4.69) is 15.9 Å². The molecule has 18 heavy (non-hydrogen) atoms. The molecule has 1 saturated carbocycles. The highest BCUT2D eigenvalue weighted by atomic mass is 79.9. The topological polar surface area (TPSA) is 0 Å². The van der Waals surface area contributed by atoms with Crippen molar-refractivity contribution in [1.29, 1.82) is 0 Å². The van der Waals surface area contributed by atoms with E-state index < -0.39 is 11.6 Å². The average molecular weight is 317 g/mol. The molecule has 1 aliphatic carbocycles. The van der Waals surface area contributed by atoms with E-state index in [1.807, 2.05) is 0 Å². The zero-order chi connectivity index (χ0) is 13.0. The van der Waals surface area contributed by atoms with Crippen LogP contribution in [0.3, 0.4) is 0 Å². The summed E-state index contributed by atoms with van der Waals surface area (Å²) < 4.78 is 25.9. The molecule has 0 bridgehead atoms. The minimum absolute atomic E-state index is 0.364. The van der Waals surface area contributed by atoms with Crippen molar-refractivity contribution in [3.05, 3.63) is 35.4 Å². The van der Waals surface area contributed by atoms with Gasteiger partial charge in [-0.15, -0.1) is 0 Å². The van der Waals surface area contributed by atoms with E-state index >= 15 is 0 Å². The Labute approximate surface area is 116 Å². The first kappa shape index (κ1) is 14.0. The third-order valence-electron chi connectivity index (χ3n) is 3.80. The van der Waals surface area contributed by atoms with Crippen LogP contribution < -0.4 is 0 Å². The van der Waals surface area contributed by atoms with Crippen LogP contribution in [0.4, 0.5) is 8.78 Å². The molecule has 0 heterocycles. The fraction of sp³-hybridized carbons (Fsp3) is 0.600. The molecule has 2 rings (SSSR count). The van der Waals surface area contributed by atoms with Gasteiger partial charge in [-0.05, 0) is 42.9 Å². The van der Waals surface area contributed by atoms with Crippen LogP contribution in [0.25, 0.3) is 0 Å². The van der Waals surface area contributed by atoms with Crippen molar-refractivity contribution in [2.24, 2.45) is 5.92 Å². The molecular formula is C15H19BrF2. The fourth-order valence-electron chi connectivity index (χ4n) is 2.74. The van der Waals surface area contributed by atoms with E-state index in [1.54, 1.807) is 6.07 Å². The van der Waals surface area contributed by atoms with E-state index in [9.17, 15) is 8.78 Å². The maximum absolute atomic E-state index is 13.1. The number of hydrogen-bond acceptors (Lipinski definition) is 0. The van der Waals surface area contributed by atoms with Gasteiger partial charge < -0.3 is 0 Å². The predicted molar refractivity (Wildman–Crippen MR) is 74.0 cm³/mol. The van der Waals surface area contributed by atoms with E-state index in [4.69, 9.17) is 0 Å². The molecule has 1 fully saturated rings. The molecule has 0 spiro atoms. The molecule has 0 aliphatic heterocycles. The van der Waals surface area contributed by atoms with Gasteiger partial charge in [0.15, 0.2) is 11.6 Å². The maximum Gasteiger partial charge on any atom is 0.159 e. The van der Waals surface area contributed by atoms with Crippen LogP contribution in [-0.4, -0.2) is 4.83 Å². The normalized spacial score (nSPS) is 18.2. The second kappa shape index (κ2) is 6.65. The molecule has 1 unspecified atom stereocenters. The first-order chi connectivity index (χ1) is 8.65. The summed E-state index contributed by atoms with van der Waals surface area (Å²) in [6.07, 6.45) is 8.62.